The molecule has 2 aliphatic heterocycles. The summed E-state index contributed by atoms with van der Waals surface area (Å²) in [6.45, 7) is 3.95. The Labute approximate surface area is 202 Å². The van der Waals surface area contributed by atoms with Crippen molar-refractivity contribution in [1.82, 2.24) is 4.90 Å². The van der Waals surface area contributed by atoms with Crippen LogP contribution < -0.4 is 4.74 Å². The molecule has 10 heteroatoms. The van der Waals surface area contributed by atoms with Gasteiger partial charge in [-0.1, -0.05) is 19.9 Å². The molecule has 2 aliphatic carbocycles. The van der Waals surface area contributed by atoms with Crippen molar-refractivity contribution < 1.29 is 43.9 Å². The van der Waals surface area contributed by atoms with Crippen LogP contribution in [0, 0.1) is 5.92 Å². The highest BCUT2D eigenvalue weighted by Gasteiger charge is 2.72. The minimum Gasteiger partial charge on any atom is -0.504 e. The van der Waals surface area contributed by atoms with Crippen LogP contribution in [-0.2, 0) is 30.9 Å². The number of hydrogen-bond donors (Lipinski definition) is 3. The molecule has 0 aromatic heterocycles. The van der Waals surface area contributed by atoms with Gasteiger partial charge < -0.3 is 34.4 Å². The number of piperidine rings is 1. The van der Waals surface area contributed by atoms with E-state index in [0.29, 0.717) is 19.4 Å². The third-order valence-corrected chi connectivity index (χ3v) is 8.11. The SMILES string of the molecule is CC(C)C(=O)C[C@@H](OC(=O)O)C(=O)OC1=CC[C@@]2(O)[C@H]3Cc4ccc(O)c5c4[C@@]2(CCN3C)[C@H]1O5. The molecule has 5 atom stereocenters. The zero-order valence-electron chi connectivity index (χ0n) is 19.8. The third-order valence-electron chi connectivity index (χ3n) is 8.11. The van der Waals surface area contributed by atoms with Gasteiger partial charge >= 0.3 is 12.1 Å². The van der Waals surface area contributed by atoms with Crippen LogP contribution in [0.25, 0.3) is 0 Å². The summed E-state index contributed by atoms with van der Waals surface area (Å²) < 4.78 is 16.5. The molecule has 3 N–H and O–H groups in total. The highest BCUT2D eigenvalue weighted by molar-refractivity contribution is 5.88. The minimum atomic E-state index is -1.70. The van der Waals surface area contributed by atoms with Crippen LogP contribution in [0.3, 0.4) is 0 Å². The monoisotopic (exact) mass is 487 g/mol. The summed E-state index contributed by atoms with van der Waals surface area (Å²) in [6, 6.07) is 3.20. The lowest BCUT2D eigenvalue weighted by Crippen LogP contribution is -2.74. The average molecular weight is 488 g/mol. The smallest absolute Gasteiger partial charge is 0.504 e. The van der Waals surface area contributed by atoms with Crippen molar-refractivity contribution in [2.45, 2.75) is 68.8 Å². The number of likely N-dealkylation sites (N-methyl/N-ethyl adjacent to an activating group) is 1. The second-order valence-electron chi connectivity index (χ2n) is 10.2. The van der Waals surface area contributed by atoms with Gasteiger partial charge in [0.05, 0.1) is 17.4 Å². The Kier molecular flexibility index (Phi) is 5.37. The highest BCUT2D eigenvalue weighted by atomic mass is 16.7. The molecule has 2 bridgehead atoms. The molecule has 2 heterocycles. The maximum atomic E-state index is 13.0. The molecule has 5 rings (SSSR count). The van der Waals surface area contributed by atoms with Gasteiger partial charge in [0.15, 0.2) is 17.6 Å². The first-order chi connectivity index (χ1) is 16.5. The fourth-order valence-electron chi connectivity index (χ4n) is 6.33. The molecule has 1 aromatic rings. The molecule has 188 valence electrons. The number of likely N-dealkylation sites (tertiary alicyclic amines) is 1. The number of aromatic hydroxyl groups is 1. The second kappa shape index (κ2) is 7.96. The van der Waals surface area contributed by atoms with Crippen LogP contribution >= 0.6 is 0 Å². The summed E-state index contributed by atoms with van der Waals surface area (Å²) in [5.41, 5.74) is -0.474. The maximum Gasteiger partial charge on any atom is 0.506 e. The highest BCUT2D eigenvalue weighted by Crippen LogP contribution is 2.65. The van der Waals surface area contributed by atoms with E-state index in [-0.39, 0.29) is 35.5 Å². The Bertz CT molecular complexity index is 1140. The number of phenols is 1. The Morgan fingerprint density at radius 2 is 2.03 bits per heavy atom. The van der Waals surface area contributed by atoms with Gasteiger partial charge in [-0.15, -0.1) is 0 Å². The summed E-state index contributed by atoms with van der Waals surface area (Å²) in [4.78, 5) is 38.5. The van der Waals surface area contributed by atoms with E-state index in [2.05, 4.69) is 9.64 Å². The first-order valence-electron chi connectivity index (χ1n) is 11.8. The number of carbonyl (C=O) groups is 3. The Hall–Kier alpha value is -3.11. The van der Waals surface area contributed by atoms with Crippen molar-refractivity contribution >= 4 is 17.9 Å². The second-order valence-corrected chi connectivity index (χ2v) is 10.2. The fraction of sp³-hybridized carbons (Fsp3) is 0.560. The van der Waals surface area contributed by atoms with E-state index in [4.69, 9.17) is 14.6 Å². The standard InChI is InChI=1S/C25H29NO9/c1-12(2)15(28)11-17(34-23(30)31)22(29)33-16-6-7-25(32)18-10-13-4-5-14(27)20-19(13)24(25,21(16)35-20)8-9-26(18)3/h4-6,12,17-18,21,27,32H,7-11H2,1-3H3,(H,30,31)/t17-,18-,21+,24+,25-/m1/s1. The fourth-order valence-corrected chi connectivity index (χ4v) is 6.33. The van der Waals surface area contributed by atoms with Crippen LogP contribution in [0.15, 0.2) is 24.0 Å². The van der Waals surface area contributed by atoms with E-state index < -0.39 is 47.7 Å². The molecule has 1 saturated heterocycles. The summed E-state index contributed by atoms with van der Waals surface area (Å²) in [6.07, 6.45) is -1.84. The topological polar surface area (TPSA) is 143 Å². The molecule has 10 nitrogen and oxygen atoms in total. The number of aliphatic hydroxyl groups is 1. The first-order valence-corrected chi connectivity index (χ1v) is 11.8. The number of Topliss-reactive ketones (excluding diaryl/α,β-unsaturated/α-hetero) is 1. The number of carboxylic acid groups (broad SMARTS) is 1. The lowest BCUT2D eigenvalue weighted by Gasteiger charge is -2.61. The van der Waals surface area contributed by atoms with E-state index in [1.165, 1.54) is 0 Å². The van der Waals surface area contributed by atoms with Crippen molar-refractivity contribution in [2.24, 2.45) is 5.92 Å². The van der Waals surface area contributed by atoms with Crippen molar-refractivity contribution in [1.29, 1.82) is 0 Å². The van der Waals surface area contributed by atoms with Gasteiger partial charge in [-0.25, -0.2) is 9.59 Å². The molecule has 1 aromatic carbocycles. The summed E-state index contributed by atoms with van der Waals surface area (Å²) >= 11 is 0. The van der Waals surface area contributed by atoms with Crippen LogP contribution in [0.5, 0.6) is 11.5 Å². The van der Waals surface area contributed by atoms with E-state index in [9.17, 15) is 24.6 Å². The predicted molar refractivity (Wildman–Crippen MR) is 120 cm³/mol. The van der Waals surface area contributed by atoms with Gasteiger partial charge in [0.1, 0.15) is 11.5 Å². The number of ether oxygens (including phenoxy) is 3. The Balaban J connectivity index is 1.52. The van der Waals surface area contributed by atoms with E-state index in [1.54, 1.807) is 26.0 Å². The molecule has 0 radical (unpaired) electrons. The number of esters is 1. The normalized spacial score (nSPS) is 31.2. The molecular formula is C25H29NO9. The van der Waals surface area contributed by atoms with Gasteiger partial charge in [0.2, 0.25) is 6.10 Å². The maximum absolute atomic E-state index is 13.0. The van der Waals surface area contributed by atoms with Gasteiger partial charge in [0.25, 0.3) is 0 Å². The van der Waals surface area contributed by atoms with Gasteiger partial charge in [-0.05, 0) is 44.1 Å². The Morgan fingerprint density at radius 1 is 1.29 bits per heavy atom. The van der Waals surface area contributed by atoms with E-state index in [0.717, 1.165) is 11.1 Å². The summed E-state index contributed by atoms with van der Waals surface area (Å²) in [5.74, 6) is -1.47. The van der Waals surface area contributed by atoms with Crippen LogP contribution in [-0.4, -0.2) is 75.6 Å². The molecule has 35 heavy (non-hydrogen) atoms. The molecule has 0 saturated carbocycles. The molecule has 0 amide bonds. The predicted octanol–water partition coefficient (Wildman–Crippen LogP) is 1.89. The molecular weight excluding hydrogens is 458 g/mol. The number of rotatable bonds is 6. The first kappa shape index (κ1) is 23.6. The molecule has 4 aliphatic rings. The van der Waals surface area contributed by atoms with Crippen molar-refractivity contribution in [2.75, 3.05) is 13.6 Å². The number of carbonyl (C=O) groups excluding carboxylic acids is 2. The Morgan fingerprint density at radius 3 is 2.71 bits per heavy atom. The third kappa shape index (κ3) is 3.26. The number of nitrogens with zero attached hydrogens (tertiary/aromatic N) is 1. The van der Waals surface area contributed by atoms with Crippen molar-refractivity contribution in [3.8, 4) is 11.5 Å². The van der Waals surface area contributed by atoms with Crippen LogP contribution in [0.4, 0.5) is 4.79 Å². The van der Waals surface area contributed by atoms with Gasteiger partial charge in [-0.2, -0.15) is 0 Å². The average Bonchev–Trinajstić information content (AvgIpc) is 3.15. The van der Waals surface area contributed by atoms with Crippen molar-refractivity contribution in [3.05, 3.63) is 35.1 Å². The minimum absolute atomic E-state index is 0.0625. The largest absolute Gasteiger partial charge is 0.506 e. The number of ketones is 1. The zero-order valence-corrected chi connectivity index (χ0v) is 19.8. The molecule has 1 fully saturated rings. The van der Waals surface area contributed by atoms with E-state index >= 15 is 0 Å². The molecule has 0 unspecified atom stereocenters. The number of benzene rings is 1. The van der Waals surface area contributed by atoms with E-state index in [1.807, 2.05) is 13.1 Å². The van der Waals surface area contributed by atoms with Crippen LogP contribution in [0.1, 0.15) is 44.2 Å². The van der Waals surface area contributed by atoms with Crippen molar-refractivity contribution in [3.63, 3.8) is 0 Å². The number of hydrogen-bond acceptors (Lipinski definition) is 9. The molecule has 1 spiro atoms. The van der Waals surface area contributed by atoms with Gasteiger partial charge in [0, 0.05) is 23.9 Å². The summed E-state index contributed by atoms with van der Waals surface area (Å²) in [5, 5.41) is 31.8. The lowest BCUT2D eigenvalue weighted by molar-refractivity contribution is -0.172. The number of phenolic OH excluding ortho intramolecular Hbond substituents is 1. The van der Waals surface area contributed by atoms with Crippen LogP contribution in [0.2, 0.25) is 0 Å². The summed E-state index contributed by atoms with van der Waals surface area (Å²) in [7, 11) is 1.96. The lowest BCUT2D eigenvalue weighted by atomic mass is 9.50. The quantitative estimate of drug-likeness (QED) is 0.509. The zero-order chi connectivity index (χ0) is 25.3. The van der Waals surface area contributed by atoms with Gasteiger partial charge in [-0.3, -0.25) is 4.79 Å².